The van der Waals surface area contributed by atoms with Crippen molar-refractivity contribution >= 4 is 5.78 Å². The summed E-state index contributed by atoms with van der Waals surface area (Å²) >= 11 is 0. The van der Waals surface area contributed by atoms with Gasteiger partial charge in [0.1, 0.15) is 0 Å². The Morgan fingerprint density at radius 1 is 1.28 bits per heavy atom. The second-order valence-corrected chi connectivity index (χ2v) is 5.82. The Kier molecular flexibility index (Phi) is 3.86. The third-order valence-electron chi connectivity index (χ3n) is 4.29. The summed E-state index contributed by atoms with van der Waals surface area (Å²) in [5, 5.41) is 0. The molecule has 1 aromatic rings. The molecule has 0 aromatic heterocycles. The fourth-order valence-electron chi connectivity index (χ4n) is 3.20. The van der Waals surface area contributed by atoms with Gasteiger partial charge in [0, 0.05) is 5.56 Å². The quantitative estimate of drug-likeness (QED) is 0.761. The highest BCUT2D eigenvalue weighted by molar-refractivity contribution is 6.03. The van der Waals surface area contributed by atoms with Gasteiger partial charge < -0.3 is 0 Å². The van der Waals surface area contributed by atoms with Crippen molar-refractivity contribution in [1.82, 2.24) is 4.90 Å². The summed E-state index contributed by atoms with van der Waals surface area (Å²) in [6.45, 7) is 2.26. The van der Waals surface area contributed by atoms with Crippen LogP contribution in [-0.4, -0.2) is 30.3 Å². The van der Waals surface area contributed by atoms with E-state index in [0.717, 1.165) is 24.8 Å². The first-order chi connectivity index (χ1) is 8.56. The maximum atomic E-state index is 12.9. The number of ketones is 1. The molecule has 0 amide bonds. The van der Waals surface area contributed by atoms with E-state index in [1.807, 2.05) is 44.4 Å². The van der Waals surface area contributed by atoms with Crippen molar-refractivity contribution in [2.24, 2.45) is 5.92 Å². The first-order valence-corrected chi connectivity index (χ1v) is 6.83. The van der Waals surface area contributed by atoms with Gasteiger partial charge in [0.25, 0.3) is 0 Å². The molecular formula is C16H23NO. The molecule has 1 aromatic carbocycles. The van der Waals surface area contributed by atoms with Crippen molar-refractivity contribution < 1.29 is 4.79 Å². The summed E-state index contributed by atoms with van der Waals surface area (Å²) in [6.07, 6.45) is 4.36. The minimum absolute atomic E-state index is 0.291. The second kappa shape index (κ2) is 5.23. The number of hydrogen-bond donors (Lipinski definition) is 0. The predicted molar refractivity (Wildman–Crippen MR) is 74.8 cm³/mol. The largest absolute Gasteiger partial charge is 0.297 e. The summed E-state index contributed by atoms with van der Waals surface area (Å²) in [7, 11) is 4.08. The Labute approximate surface area is 110 Å². The number of carbonyl (C=O) groups is 1. The lowest BCUT2D eigenvalue weighted by atomic mass is 9.71. The molecular weight excluding hydrogens is 222 g/mol. The Morgan fingerprint density at radius 3 is 2.50 bits per heavy atom. The molecule has 0 N–H and O–H groups in total. The molecule has 0 bridgehead atoms. The van der Waals surface area contributed by atoms with Crippen molar-refractivity contribution in [2.75, 3.05) is 14.1 Å². The molecule has 0 heterocycles. The Balaban J connectivity index is 2.33. The molecule has 0 aliphatic heterocycles. The third kappa shape index (κ3) is 2.35. The van der Waals surface area contributed by atoms with Gasteiger partial charge >= 0.3 is 0 Å². The summed E-state index contributed by atoms with van der Waals surface area (Å²) < 4.78 is 0. The second-order valence-electron chi connectivity index (χ2n) is 5.82. The van der Waals surface area contributed by atoms with Crippen molar-refractivity contribution in [2.45, 2.75) is 38.1 Å². The van der Waals surface area contributed by atoms with Crippen LogP contribution in [0.5, 0.6) is 0 Å². The number of Topliss-reactive ketones (excluding diaryl/α,β-unsaturated/α-hetero) is 1. The van der Waals surface area contributed by atoms with E-state index in [2.05, 4.69) is 11.8 Å². The van der Waals surface area contributed by atoms with Crippen LogP contribution in [0.2, 0.25) is 0 Å². The monoisotopic (exact) mass is 245 g/mol. The van der Waals surface area contributed by atoms with Crippen molar-refractivity contribution in [3.63, 3.8) is 0 Å². The minimum atomic E-state index is -0.293. The molecule has 2 nitrogen and oxygen atoms in total. The number of hydrogen-bond acceptors (Lipinski definition) is 2. The van der Waals surface area contributed by atoms with Crippen LogP contribution in [0.3, 0.4) is 0 Å². The van der Waals surface area contributed by atoms with E-state index >= 15 is 0 Å². The normalized spacial score (nSPS) is 28.3. The van der Waals surface area contributed by atoms with Gasteiger partial charge in [-0.25, -0.2) is 0 Å². The zero-order chi connectivity index (χ0) is 13.2. The van der Waals surface area contributed by atoms with Crippen LogP contribution in [0, 0.1) is 5.92 Å². The zero-order valence-corrected chi connectivity index (χ0v) is 11.6. The Hall–Kier alpha value is -1.15. The smallest absolute Gasteiger partial charge is 0.183 e. The number of likely N-dealkylation sites (N-methyl/N-ethyl adjacent to an activating group) is 1. The van der Waals surface area contributed by atoms with E-state index in [4.69, 9.17) is 0 Å². The van der Waals surface area contributed by atoms with Gasteiger partial charge in [-0.1, -0.05) is 50.1 Å². The molecule has 1 aliphatic rings. The van der Waals surface area contributed by atoms with Crippen LogP contribution in [0.25, 0.3) is 0 Å². The summed E-state index contributed by atoms with van der Waals surface area (Å²) in [5.74, 6) is 0.925. The van der Waals surface area contributed by atoms with E-state index in [-0.39, 0.29) is 5.54 Å². The highest BCUT2D eigenvalue weighted by Crippen LogP contribution is 2.38. The highest BCUT2D eigenvalue weighted by Gasteiger charge is 2.43. The van der Waals surface area contributed by atoms with Crippen LogP contribution in [0.1, 0.15) is 43.0 Å². The minimum Gasteiger partial charge on any atom is -0.297 e. The zero-order valence-electron chi connectivity index (χ0n) is 11.6. The van der Waals surface area contributed by atoms with Crippen LogP contribution >= 0.6 is 0 Å². The van der Waals surface area contributed by atoms with Gasteiger partial charge in [-0.2, -0.15) is 0 Å². The molecule has 1 aliphatic carbocycles. The lowest BCUT2D eigenvalue weighted by molar-refractivity contribution is 0.0486. The van der Waals surface area contributed by atoms with Gasteiger partial charge in [0.2, 0.25) is 0 Å². The summed E-state index contributed by atoms with van der Waals surface area (Å²) in [6, 6.07) is 9.73. The number of nitrogens with zero attached hydrogens (tertiary/aromatic N) is 1. The SMILES string of the molecule is CC1CCCC(C(=O)c2ccccc2)(N(C)C)C1. The van der Waals surface area contributed by atoms with Gasteiger partial charge in [0.15, 0.2) is 5.78 Å². The van der Waals surface area contributed by atoms with Crippen molar-refractivity contribution in [3.05, 3.63) is 35.9 Å². The molecule has 2 rings (SSSR count). The molecule has 1 saturated carbocycles. The lowest BCUT2D eigenvalue weighted by Gasteiger charge is -2.43. The fourth-order valence-corrected chi connectivity index (χ4v) is 3.20. The van der Waals surface area contributed by atoms with Crippen LogP contribution in [-0.2, 0) is 0 Å². The van der Waals surface area contributed by atoms with E-state index in [1.165, 1.54) is 6.42 Å². The van der Waals surface area contributed by atoms with E-state index < -0.39 is 0 Å². The van der Waals surface area contributed by atoms with E-state index in [0.29, 0.717) is 11.7 Å². The van der Waals surface area contributed by atoms with Crippen molar-refractivity contribution in [1.29, 1.82) is 0 Å². The average Bonchev–Trinajstić information content (AvgIpc) is 2.38. The molecule has 0 radical (unpaired) electrons. The summed E-state index contributed by atoms with van der Waals surface area (Å²) in [5.41, 5.74) is 0.555. The number of carbonyl (C=O) groups excluding carboxylic acids is 1. The highest BCUT2D eigenvalue weighted by atomic mass is 16.1. The fraction of sp³-hybridized carbons (Fsp3) is 0.562. The van der Waals surface area contributed by atoms with Gasteiger partial charge in [0.05, 0.1) is 5.54 Å². The molecule has 2 atom stereocenters. The first-order valence-electron chi connectivity index (χ1n) is 6.83. The first kappa shape index (κ1) is 13.3. The van der Waals surface area contributed by atoms with E-state index in [9.17, 15) is 4.79 Å². The molecule has 0 saturated heterocycles. The topological polar surface area (TPSA) is 20.3 Å². The molecule has 18 heavy (non-hydrogen) atoms. The maximum absolute atomic E-state index is 12.9. The van der Waals surface area contributed by atoms with E-state index in [1.54, 1.807) is 0 Å². The maximum Gasteiger partial charge on any atom is 0.183 e. The molecule has 98 valence electrons. The molecule has 2 unspecified atom stereocenters. The van der Waals surface area contributed by atoms with Gasteiger partial charge in [-0.05, 0) is 32.9 Å². The van der Waals surface area contributed by atoms with Crippen LogP contribution < -0.4 is 0 Å². The Bertz CT molecular complexity index is 412. The third-order valence-corrected chi connectivity index (χ3v) is 4.29. The number of rotatable bonds is 3. The van der Waals surface area contributed by atoms with Gasteiger partial charge in [-0.3, -0.25) is 9.69 Å². The van der Waals surface area contributed by atoms with Crippen molar-refractivity contribution in [3.8, 4) is 0 Å². The average molecular weight is 245 g/mol. The van der Waals surface area contributed by atoms with Crippen LogP contribution in [0.15, 0.2) is 30.3 Å². The molecule has 2 heteroatoms. The Morgan fingerprint density at radius 2 is 1.94 bits per heavy atom. The predicted octanol–water partition coefficient (Wildman–Crippen LogP) is 3.38. The van der Waals surface area contributed by atoms with Crippen LogP contribution in [0.4, 0.5) is 0 Å². The summed E-state index contributed by atoms with van der Waals surface area (Å²) in [4.78, 5) is 15.0. The van der Waals surface area contributed by atoms with Gasteiger partial charge in [-0.15, -0.1) is 0 Å². The molecule has 0 spiro atoms. The lowest BCUT2D eigenvalue weighted by Crippen LogP contribution is -2.53. The standard InChI is InChI=1S/C16H23NO/c1-13-8-7-11-16(12-13,17(2)3)15(18)14-9-5-4-6-10-14/h4-6,9-10,13H,7-8,11-12H2,1-3H3. The number of benzene rings is 1. The molecule has 1 fully saturated rings.